The Morgan fingerprint density at radius 2 is 2.00 bits per heavy atom. The second-order valence-electron chi connectivity index (χ2n) is 4.80. The zero-order valence-corrected chi connectivity index (χ0v) is 10.7. The van der Waals surface area contributed by atoms with Gasteiger partial charge in [-0.15, -0.1) is 0 Å². The van der Waals surface area contributed by atoms with E-state index >= 15 is 0 Å². The summed E-state index contributed by atoms with van der Waals surface area (Å²) in [5.41, 5.74) is 0.805. The molecule has 1 unspecified atom stereocenters. The van der Waals surface area contributed by atoms with Crippen molar-refractivity contribution in [1.82, 2.24) is 0 Å². The summed E-state index contributed by atoms with van der Waals surface area (Å²) < 4.78 is 18.3. The summed E-state index contributed by atoms with van der Waals surface area (Å²) in [7, 11) is 1.44. The molecule has 0 amide bonds. The van der Waals surface area contributed by atoms with Crippen LogP contribution in [0.1, 0.15) is 32.3 Å². The minimum atomic E-state index is -0.398. The van der Waals surface area contributed by atoms with E-state index in [1.165, 1.54) is 13.2 Å². The van der Waals surface area contributed by atoms with Gasteiger partial charge in [-0.05, 0) is 42.9 Å². The third-order valence-corrected chi connectivity index (χ3v) is 2.76. The average Bonchev–Trinajstić information content (AvgIpc) is 2.26. The van der Waals surface area contributed by atoms with Crippen molar-refractivity contribution in [3.05, 3.63) is 29.6 Å². The van der Waals surface area contributed by atoms with Crippen molar-refractivity contribution < 1.29 is 14.2 Å². The largest absolute Gasteiger partial charge is 0.494 e. The molecule has 0 fully saturated rings. The van der Waals surface area contributed by atoms with Crippen LogP contribution in [0.5, 0.6) is 5.75 Å². The van der Waals surface area contributed by atoms with Gasteiger partial charge in [0.25, 0.3) is 0 Å². The van der Waals surface area contributed by atoms with Crippen molar-refractivity contribution in [1.29, 1.82) is 0 Å². The van der Waals surface area contributed by atoms with Gasteiger partial charge in [-0.3, -0.25) is 0 Å². The Morgan fingerprint density at radius 3 is 2.53 bits per heavy atom. The lowest BCUT2D eigenvalue weighted by Crippen LogP contribution is -2.11. The fourth-order valence-corrected chi connectivity index (χ4v) is 1.74. The lowest BCUT2D eigenvalue weighted by molar-refractivity contribution is 0.157. The molecular weight excluding hydrogens is 219 g/mol. The molecule has 1 aromatic rings. The average molecular weight is 240 g/mol. The number of aliphatic hydroxyl groups excluding tert-OH is 1. The van der Waals surface area contributed by atoms with Crippen LogP contribution in [0.2, 0.25) is 0 Å². The topological polar surface area (TPSA) is 29.5 Å². The number of halogens is 1. The van der Waals surface area contributed by atoms with Crippen molar-refractivity contribution in [3.63, 3.8) is 0 Å². The smallest absolute Gasteiger partial charge is 0.165 e. The lowest BCUT2D eigenvalue weighted by atomic mass is 10.00. The number of benzene rings is 1. The first-order valence-corrected chi connectivity index (χ1v) is 6.03. The molecule has 0 aliphatic carbocycles. The van der Waals surface area contributed by atoms with Crippen molar-refractivity contribution in [3.8, 4) is 5.75 Å². The summed E-state index contributed by atoms with van der Waals surface area (Å²) in [6.45, 7) is 4.25. The van der Waals surface area contributed by atoms with E-state index < -0.39 is 6.10 Å². The molecule has 1 rings (SSSR count). The van der Waals surface area contributed by atoms with E-state index in [0.29, 0.717) is 12.3 Å². The molecule has 1 N–H and O–H groups in total. The summed E-state index contributed by atoms with van der Waals surface area (Å²) in [6.07, 6.45) is 1.84. The maximum absolute atomic E-state index is 13.4. The molecule has 0 heterocycles. The van der Waals surface area contributed by atoms with Gasteiger partial charge >= 0.3 is 0 Å². The highest BCUT2D eigenvalue weighted by atomic mass is 19.1. The molecule has 0 saturated carbocycles. The molecule has 2 nitrogen and oxygen atoms in total. The number of aliphatic hydroxyl groups is 1. The van der Waals surface area contributed by atoms with Crippen LogP contribution in [-0.2, 0) is 6.42 Å². The Labute approximate surface area is 102 Å². The molecule has 0 aliphatic heterocycles. The van der Waals surface area contributed by atoms with Gasteiger partial charge in [0.15, 0.2) is 11.6 Å². The van der Waals surface area contributed by atoms with Gasteiger partial charge in [0, 0.05) is 0 Å². The first kappa shape index (κ1) is 14.0. The predicted molar refractivity (Wildman–Crippen MR) is 66.7 cm³/mol. The van der Waals surface area contributed by atoms with Crippen LogP contribution in [-0.4, -0.2) is 18.3 Å². The van der Waals surface area contributed by atoms with Crippen LogP contribution >= 0.6 is 0 Å². The van der Waals surface area contributed by atoms with Crippen molar-refractivity contribution in [2.75, 3.05) is 7.11 Å². The van der Waals surface area contributed by atoms with Crippen molar-refractivity contribution in [2.24, 2.45) is 5.92 Å². The summed E-state index contributed by atoms with van der Waals surface area (Å²) in [6, 6.07) is 4.82. The summed E-state index contributed by atoms with van der Waals surface area (Å²) >= 11 is 0. The first-order valence-electron chi connectivity index (χ1n) is 6.03. The van der Waals surface area contributed by atoms with E-state index in [0.717, 1.165) is 18.4 Å². The van der Waals surface area contributed by atoms with E-state index in [1.807, 2.05) is 0 Å². The van der Waals surface area contributed by atoms with Crippen LogP contribution in [0.4, 0.5) is 4.39 Å². The molecule has 1 aromatic carbocycles. The van der Waals surface area contributed by atoms with E-state index in [9.17, 15) is 9.50 Å². The quantitative estimate of drug-likeness (QED) is 0.827. The van der Waals surface area contributed by atoms with Crippen LogP contribution in [0, 0.1) is 11.7 Å². The third-order valence-electron chi connectivity index (χ3n) is 2.76. The summed E-state index contributed by atoms with van der Waals surface area (Å²) in [4.78, 5) is 0. The molecule has 0 aliphatic rings. The number of methoxy groups -OCH3 is 1. The Bertz CT molecular complexity index is 350. The van der Waals surface area contributed by atoms with E-state index in [-0.39, 0.29) is 11.6 Å². The molecule has 17 heavy (non-hydrogen) atoms. The zero-order valence-electron chi connectivity index (χ0n) is 10.7. The predicted octanol–water partition coefficient (Wildman–Crippen LogP) is 3.17. The molecule has 0 bridgehead atoms. The second-order valence-corrected chi connectivity index (χ2v) is 4.80. The number of rotatable bonds is 6. The molecular formula is C14H21FO2. The van der Waals surface area contributed by atoms with Crippen molar-refractivity contribution >= 4 is 0 Å². The molecule has 0 spiro atoms. The minimum absolute atomic E-state index is 0.241. The van der Waals surface area contributed by atoms with E-state index in [1.54, 1.807) is 12.1 Å². The molecule has 1 atom stereocenters. The maximum atomic E-state index is 13.4. The van der Waals surface area contributed by atoms with Gasteiger partial charge in [0.2, 0.25) is 0 Å². The molecule has 96 valence electrons. The minimum Gasteiger partial charge on any atom is -0.494 e. The zero-order chi connectivity index (χ0) is 12.8. The van der Waals surface area contributed by atoms with Crippen LogP contribution in [0.3, 0.4) is 0 Å². The Balaban J connectivity index is 2.53. The lowest BCUT2D eigenvalue weighted by Gasteiger charge is -2.12. The molecule has 0 saturated heterocycles. The fourth-order valence-electron chi connectivity index (χ4n) is 1.74. The molecule has 0 aromatic heterocycles. The van der Waals surface area contributed by atoms with Gasteiger partial charge < -0.3 is 9.84 Å². The SMILES string of the molecule is COc1ccc(CC(O)CCC(C)C)cc1F. The van der Waals surface area contributed by atoms with Crippen molar-refractivity contribution in [2.45, 2.75) is 39.2 Å². The van der Waals surface area contributed by atoms with E-state index in [4.69, 9.17) is 4.74 Å². The van der Waals surface area contributed by atoms with Gasteiger partial charge in [-0.25, -0.2) is 4.39 Å². The maximum Gasteiger partial charge on any atom is 0.165 e. The highest BCUT2D eigenvalue weighted by Gasteiger charge is 2.09. The normalized spacial score (nSPS) is 12.8. The van der Waals surface area contributed by atoms with Crippen LogP contribution in [0.15, 0.2) is 18.2 Å². The Morgan fingerprint density at radius 1 is 1.29 bits per heavy atom. The van der Waals surface area contributed by atoms with Crippen LogP contribution < -0.4 is 4.74 Å². The standard InChI is InChI=1S/C14H21FO2/c1-10(2)4-6-12(16)8-11-5-7-14(17-3)13(15)9-11/h5,7,9-10,12,16H,4,6,8H2,1-3H3. The van der Waals surface area contributed by atoms with Crippen LogP contribution in [0.25, 0.3) is 0 Å². The summed E-state index contributed by atoms with van der Waals surface area (Å²) in [5.74, 6) is 0.448. The van der Waals surface area contributed by atoms with Gasteiger partial charge in [0.05, 0.1) is 13.2 Å². The van der Waals surface area contributed by atoms with Gasteiger partial charge in [-0.1, -0.05) is 19.9 Å². The molecule has 0 radical (unpaired) electrons. The first-order chi connectivity index (χ1) is 8.02. The number of ether oxygens (including phenoxy) is 1. The Hall–Kier alpha value is -1.09. The highest BCUT2D eigenvalue weighted by Crippen LogP contribution is 2.19. The highest BCUT2D eigenvalue weighted by molar-refractivity contribution is 5.29. The summed E-state index contributed by atoms with van der Waals surface area (Å²) in [5, 5.41) is 9.82. The van der Waals surface area contributed by atoms with Gasteiger partial charge in [-0.2, -0.15) is 0 Å². The third kappa shape index (κ3) is 4.73. The monoisotopic (exact) mass is 240 g/mol. The second kappa shape index (κ2) is 6.60. The Kier molecular flexibility index (Phi) is 5.42. The van der Waals surface area contributed by atoms with E-state index in [2.05, 4.69) is 13.8 Å². The molecule has 3 heteroatoms. The fraction of sp³-hybridized carbons (Fsp3) is 0.571. The number of hydrogen-bond acceptors (Lipinski definition) is 2. The number of hydrogen-bond donors (Lipinski definition) is 1. The van der Waals surface area contributed by atoms with Gasteiger partial charge in [0.1, 0.15) is 0 Å².